The van der Waals surface area contributed by atoms with Crippen LogP contribution < -0.4 is 20.8 Å². The van der Waals surface area contributed by atoms with E-state index < -0.39 is 5.43 Å². The maximum absolute atomic E-state index is 11.9. The van der Waals surface area contributed by atoms with Gasteiger partial charge in [0.2, 0.25) is 0 Å². The number of carbonyl (C=O) groups is 1. The van der Waals surface area contributed by atoms with Crippen LogP contribution >= 0.6 is 11.7 Å². The first-order chi connectivity index (χ1) is 11.7. The molecule has 0 saturated heterocycles. The SMILES string of the molecule is O=C(Nc1ccccc1)Nc1ccc(Oc2nsncc2=O)cc1. The van der Waals surface area contributed by atoms with E-state index in [1.165, 1.54) is 0 Å². The Bertz CT molecular complexity index is 882. The number of rotatable bonds is 4. The van der Waals surface area contributed by atoms with E-state index in [0.29, 0.717) is 17.1 Å². The van der Waals surface area contributed by atoms with E-state index in [9.17, 15) is 9.59 Å². The van der Waals surface area contributed by atoms with Gasteiger partial charge in [-0.15, -0.1) is 4.37 Å². The van der Waals surface area contributed by atoms with Gasteiger partial charge in [0.1, 0.15) is 5.75 Å². The highest BCUT2D eigenvalue weighted by atomic mass is 32.1. The van der Waals surface area contributed by atoms with Crippen molar-refractivity contribution in [3.8, 4) is 11.6 Å². The molecule has 0 unspecified atom stereocenters. The number of nitrogens with zero attached hydrogens (tertiary/aromatic N) is 2. The topological polar surface area (TPSA) is 93.2 Å². The molecule has 0 aliphatic carbocycles. The molecule has 120 valence electrons. The fraction of sp³-hybridized carbons (Fsp3) is 0. The van der Waals surface area contributed by atoms with E-state index in [4.69, 9.17) is 4.74 Å². The second-order valence-electron chi connectivity index (χ2n) is 4.65. The van der Waals surface area contributed by atoms with Gasteiger partial charge in [-0.25, -0.2) is 4.79 Å². The lowest BCUT2D eigenvalue weighted by Crippen LogP contribution is -2.19. The summed E-state index contributed by atoms with van der Waals surface area (Å²) in [5, 5.41) is 5.42. The van der Waals surface area contributed by atoms with Crippen LogP contribution in [-0.2, 0) is 0 Å². The summed E-state index contributed by atoms with van der Waals surface area (Å²) in [6, 6.07) is 15.3. The molecule has 2 N–H and O–H groups in total. The molecule has 0 bridgehead atoms. The minimum absolute atomic E-state index is 0.0301. The fourth-order valence-corrected chi connectivity index (χ4v) is 2.23. The maximum atomic E-state index is 11.9. The smallest absolute Gasteiger partial charge is 0.323 e. The number of urea groups is 1. The molecule has 0 radical (unpaired) electrons. The minimum Gasteiger partial charge on any atom is -0.435 e. The lowest BCUT2D eigenvalue weighted by molar-refractivity contribution is 0.262. The van der Waals surface area contributed by atoms with Crippen molar-refractivity contribution in [3.63, 3.8) is 0 Å². The second-order valence-corrected chi connectivity index (χ2v) is 5.21. The molecule has 0 aliphatic heterocycles. The minimum atomic E-state index is -0.391. The van der Waals surface area contributed by atoms with Crippen LogP contribution in [0.15, 0.2) is 65.6 Å². The van der Waals surface area contributed by atoms with Crippen LogP contribution in [0, 0.1) is 0 Å². The number of ether oxygens (including phenoxy) is 1. The Hall–Kier alpha value is -3.26. The van der Waals surface area contributed by atoms with Gasteiger partial charge in [-0.05, 0) is 36.4 Å². The summed E-state index contributed by atoms with van der Waals surface area (Å²) in [6.07, 6.45) is 1.15. The van der Waals surface area contributed by atoms with Crippen LogP contribution in [-0.4, -0.2) is 14.8 Å². The molecule has 24 heavy (non-hydrogen) atoms. The van der Waals surface area contributed by atoms with Crippen LogP contribution in [0.3, 0.4) is 0 Å². The fourth-order valence-electron chi connectivity index (χ4n) is 1.83. The Balaban J connectivity index is 1.61. The Labute approximate surface area is 141 Å². The molecular weight excluding hydrogens is 328 g/mol. The molecule has 7 nitrogen and oxygen atoms in total. The van der Waals surface area contributed by atoms with Gasteiger partial charge >= 0.3 is 6.03 Å². The standard InChI is InChI=1S/C16H12N4O3S/c21-14-10-17-24-20-15(14)23-13-8-6-12(7-9-13)19-16(22)18-11-4-2-1-3-5-11/h1-10H,(H2,18,19,22). The van der Waals surface area contributed by atoms with Gasteiger partial charge in [-0.1, -0.05) is 18.2 Å². The van der Waals surface area contributed by atoms with Gasteiger partial charge < -0.3 is 15.4 Å². The van der Waals surface area contributed by atoms with Crippen molar-refractivity contribution in [2.75, 3.05) is 10.6 Å². The normalized spacial score (nSPS) is 10.0. The summed E-state index contributed by atoms with van der Waals surface area (Å²) < 4.78 is 12.8. The van der Waals surface area contributed by atoms with Crippen molar-refractivity contribution in [3.05, 3.63) is 71.0 Å². The molecule has 3 rings (SSSR count). The molecule has 8 heteroatoms. The zero-order chi connectivity index (χ0) is 16.8. The number of aromatic nitrogens is 2. The third-order valence-electron chi connectivity index (χ3n) is 2.91. The Morgan fingerprint density at radius 3 is 2.29 bits per heavy atom. The van der Waals surface area contributed by atoms with E-state index >= 15 is 0 Å². The molecule has 1 heterocycles. The molecule has 0 fully saturated rings. The number of anilines is 2. The molecule has 1 aromatic heterocycles. The number of benzene rings is 2. The van der Waals surface area contributed by atoms with Crippen LogP contribution in [0.5, 0.6) is 11.6 Å². The van der Waals surface area contributed by atoms with Crippen LogP contribution in [0.25, 0.3) is 0 Å². The number of hydrogen-bond acceptors (Lipinski definition) is 6. The van der Waals surface area contributed by atoms with Gasteiger partial charge in [0.15, 0.2) is 0 Å². The predicted octanol–water partition coefficient (Wildman–Crippen LogP) is 3.33. The Morgan fingerprint density at radius 1 is 0.958 bits per heavy atom. The molecule has 3 aromatic rings. The van der Waals surface area contributed by atoms with E-state index in [-0.39, 0.29) is 11.9 Å². The van der Waals surface area contributed by atoms with E-state index in [1.54, 1.807) is 36.4 Å². The zero-order valence-corrected chi connectivity index (χ0v) is 13.1. The molecule has 0 saturated carbocycles. The summed E-state index contributed by atoms with van der Waals surface area (Å²) >= 11 is 0.885. The number of nitrogens with one attached hydrogen (secondary N) is 2. The summed E-state index contributed by atoms with van der Waals surface area (Å²) in [7, 11) is 0. The summed E-state index contributed by atoms with van der Waals surface area (Å²) in [6.45, 7) is 0. The van der Waals surface area contributed by atoms with Gasteiger partial charge in [0.05, 0.1) is 17.9 Å². The molecule has 0 atom stereocenters. The first kappa shape index (κ1) is 15.6. The summed E-state index contributed by atoms with van der Waals surface area (Å²) in [5.41, 5.74) is 0.893. The van der Waals surface area contributed by atoms with Gasteiger partial charge in [0.25, 0.3) is 11.3 Å². The van der Waals surface area contributed by atoms with Crippen molar-refractivity contribution >= 4 is 29.1 Å². The largest absolute Gasteiger partial charge is 0.435 e. The van der Waals surface area contributed by atoms with E-state index in [1.807, 2.05) is 18.2 Å². The van der Waals surface area contributed by atoms with Gasteiger partial charge in [-0.2, -0.15) is 4.37 Å². The van der Waals surface area contributed by atoms with Crippen molar-refractivity contribution in [2.45, 2.75) is 0 Å². The second kappa shape index (κ2) is 7.34. The third kappa shape index (κ3) is 4.14. The highest BCUT2D eigenvalue weighted by Gasteiger charge is 2.05. The zero-order valence-electron chi connectivity index (χ0n) is 12.3. The summed E-state index contributed by atoms with van der Waals surface area (Å²) in [5.74, 6) is 0.407. The molecule has 2 aromatic carbocycles. The molecule has 0 aliphatic rings. The van der Waals surface area contributed by atoms with Gasteiger partial charge in [-0.3, -0.25) is 4.79 Å². The number of para-hydroxylation sites is 1. The van der Waals surface area contributed by atoms with E-state index in [0.717, 1.165) is 17.9 Å². The average molecular weight is 340 g/mol. The number of carbonyl (C=O) groups excluding carboxylic acids is 1. The first-order valence-electron chi connectivity index (χ1n) is 6.93. The Kier molecular flexibility index (Phi) is 4.78. The Morgan fingerprint density at radius 2 is 1.62 bits per heavy atom. The first-order valence-corrected chi connectivity index (χ1v) is 7.66. The molecule has 2 amide bonds. The van der Waals surface area contributed by atoms with E-state index in [2.05, 4.69) is 19.4 Å². The number of hydrogen-bond donors (Lipinski definition) is 2. The highest BCUT2D eigenvalue weighted by molar-refractivity contribution is 6.98. The van der Waals surface area contributed by atoms with Crippen molar-refractivity contribution in [1.82, 2.24) is 8.75 Å². The lowest BCUT2D eigenvalue weighted by atomic mass is 10.3. The monoisotopic (exact) mass is 340 g/mol. The van der Waals surface area contributed by atoms with Crippen molar-refractivity contribution in [1.29, 1.82) is 0 Å². The molecular formula is C16H12N4O3S. The summed E-state index contributed by atoms with van der Waals surface area (Å²) in [4.78, 5) is 23.4. The lowest BCUT2D eigenvalue weighted by Gasteiger charge is -2.08. The predicted molar refractivity (Wildman–Crippen MR) is 91.8 cm³/mol. The third-order valence-corrected chi connectivity index (χ3v) is 3.36. The quantitative estimate of drug-likeness (QED) is 0.760. The van der Waals surface area contributed by atoms with Crippen LogP contribution in [0.1, 0.15) is 0 Å². The molecule has 0 spiro atoms. The van der Waals surface area contributed by atoms with Crippen molar-refractivity contribution < 1.29 is 9.53 Å². The van der Waals surface area contributed by atoms with Crippen LogP contribution in [0.2, 0.25) is 0 Å². The maximum Gasteiger partial charge on any atom is 0.323 e. The van der Waals surface area contributed by atoms with Gasteiger partial charge in [0, 0.05) is 11.4 Å². The number of amides is 2. The van der Waals surface area contributed by atoms with Crippen LogP contribution in [0.4, 0.5) is 16.2 Å². The van der Waals surface area contributed by atoms with Crippen molar-refractivity contribution in [2.24, 2.45) is 0 Å². The highest BCUT2D eigenvalue weighted by Crippen LogP contribution is 2.19. The average Bonchev–Trinajstić information content (AvgIpc) is 2.59.